The van der Waals surface area contributed by atoms with Crippen LogP contribution in [0.5, 0.6) is 11.5 Å². The maximum atomic E-state index is 10.6. The fourth-order valence-corrected chi connectivity index (χ4v) is 3.69. The molecule has 0 radical (unpaired) electrons. The molecule has 6 nitrogen and oxygen atoms in total. The number of aromatic amines is 1. The maximum absolute atomic E-state index is 10.6. The third kappa shape index (κ3) is 3.98. The van der Waals surface area contributed by atoms with Gasteiger partial charge in [0.1, 0.15) is 23.4 Å². The van der Waals surface area contributed by atoms with Crippen LogP contribution in [-0.2, 0) is 4.74 Å². The number of hydrogen-bond donors (Lipinski definition) is 2. The molecule has 1 aliphatic heterocycles. The quantitative estimate of drug-likeness (QED) is 0.678. The molecule has 1 saturated heterocycles. The number of H-pyrrole nitrogens is 1. The van der Waals surface area contributed by atoms with Gasteiger partial charge in [0.05, 0.1) is 23.7 Å². The molecule has 1 fully saturated rings. The van der Waals surface area contributed by atoms with E-state index in [2.05, 4.69) is 16.9 Å². The number of hydrogen-bond acceptors (Lipinski definition) is 5. The number of phenolic OH excluding ortho intramolecular Hbond substituents is 1. The molecule has 4 rings (SSSR count). The van der Waals surface area contributed by atoms with Crippen molar-refractivity contribution in [1.29, 1.82) is 0 Å². The highest BCUT2D eigenvalue weighted by molar-refractivity contribution is 5.75. The zero-order chi connectivity index (χ0) is 19.5. The van der Waals surface area contributed by atoms with Crippen molar-refractivity contribution in [3.63, 3.8) is 0 Å². The van der Waals surface area contributed by atoms with E-state index in [0.29, 0.717) is 23.7 Å². The molecular weight excluding hydrogens is 354 g/mol. The zero-order valence-corrected chi connectivity index (χ0v) is 16.4. The summed E-state index contributed by atoms with van der Waals surface area (Å²) < 4.78 is 12.2. The van der Waals surface area contributed by atoms with E-state index in [-0.39, 0.29) is 11.9 Å². The highest BCUT2D eigenvalue weighted by atomic mass is 16.5. The summed E-state index contributed by atoms with van der Waals surface area (Å²) in [5.74, 6) is 1.59. The van der Waals surface area contributed by atoms with Crippen LogP contribution in [0.3, 0.4) is 0 Å². The topological polar surface area (TPSA) is 70.6 Å². The Morgan fingerprint density at radius 1 is 1.21 bits per heavy atom. The van der Waals surface area contributed by atoms with Crippen molar-refractivity contribution >= 4 is 11.0 Å². The summed E-state index contributed by atoms with van der Waals surface area (Å²) in [6, 6.07) is 13.2. The number of piperidine rings is 1. The molecule has 1 aromatic heterocycles. The minimum absolute atomic E-state index is 0.115. The number of imidazole rings is 1. The summed E-state index contributed by atoms with van der Waals surface area (Å²) >= 11 is 0. The number of aromatic nitrogens is 2. The van der Waals surface area contributed by atoms with Crippen molar-refractivity contribution in [2.24, 2.45) is 0 Å². The largest absolute Gasteiger partial charge is 0.508 e. The van der Waals surface area contributed by atoms with Crippen LogP contribution >= 0.6 is 0 Å². The van der Waals surface area contributed by atoms with Crippen molar-refractivity contribution in [3.05, 3.63) is 53.9 Å². The second-order valence-electron chi connectivity index (χ2n) is 7.31. The van der Waals surface area contributed by atoms with E-state index < -0.39 is 6.10 Å². The molecule has 2 aromatic carbocycles. The Bertz CT molecular complexity index is 899. The average molecular weight is 381 g/mol. The number of rotatable bonds is 6. The number of aromatic hydroxyl groups is 1. The van der Waals surface area contributed by atoms with Crippen molar-refractivity contribution in [3.8, 4) is 11.5 Å². The predicted molar refractivity (Wildman–Crippen MR) is 109 cm³/mol. The van der Waals surface area contributed by atoms with Crippen LogP contribution in [-0.4, -0.2) is 52.8 Å². The van der Waals surface area contributed by atoms with Gasteiger partial charge >= 0.3 is 0 Å². The lowest BCUT2D eigenvalue weighted by molar-refractivity contribution is -0.0272. The summed E-state index contributed by atoms with van der Waals surface area (Å²) in [6.07, 6.45) is 1.55. The number of likely N-dealkylation sites (tertiary alicyclic amines) is 1. The minimum Gasteiger partial charge on any atom is -0.508 e. The predicted octanol–water partition coefficient (Wildman–Crippen LogP) is 3.87. The molecule has 0 amide bonds. The van der Waals surface area contributed by atoms with E-state index in [1.807, 2.05) is 37.3 Å². The molecule has 0 spiro atoms. The van der Waals surface area contributed by atoms with Crippen LogP contribution in [0, 0.1) is 0 Å². The highest BCUT2D eigenvalue weighted by Gasteiger charge is 2.28. The van der Waals surface area contributed by atoms with Crippen molar-refractivity contribution in [1.82, 2.24) is 14.9 Å². The fourth-order valence-electron chi connectivity index (χ4n) is 3.69. The SMILES string of the molecule is CCOc1ccc(O)c(C(OC2CCN(C)CC2)c2nc3ccccc3[nH]2)c1. The number of benzene rings is 2. The lowest BCUT2D eigenvalue weighted by Gasteiger charge is -2.31. The lowest BCUT2D eigenvalue weighted by atomic mass is 10.0. The number of nitrogens with one attached hydrogen (secondary N) is 1. The molecule has 2 heterocycles. The first-order valence-electron chi connectivity index (χ1n) is 9.88. The van der Waals surface area contributed by atoms with Gasteiger partial charge < -0.3 is 24.5 Å². The molecule has 0 saturated carbocycles. The molecule has 6 heteroatoms. The minimum atomic E-state index is -0.485. The third-order valence-corrected chi connectivity index (χ3v) is 5.24. The molecule has 1 unspecified atom stereocenters. The molecule has 1 aliphatic rings. The van der Waals surface area contributed by atoms with Crippen molar-refractivity contribution in [2.75, 3.05) is 26.7 Å². The molecule has 0 bridgehead atoms. The second-order valence-corrected chi connectivity index (χ2v) is 7.31. The number of para-hydroxylation sites is 2. The van der Waals surface area contributed by atoms with E-state index in [4.69, 9.17) is 14.5 Å². The Hall–Kier alpha value is -2.57. The Labute approximate surface area is 165 Å². The van der Waals surface area contributed by atoms with Gasteiger partial charge in [-0.3, -0.25) is 0 Å². The van der Waals surface area contributed by atoms with Gasteiger partial charge in [0.2, 0.25) is 0 Å². The van der Waals surface area contributed by atoms with Gasteiger partial charge in [-0.2, -0.15) is 0 Å². The first-order valence-corrected chi connectivity index (χ1v) is 9.88. The van der Waals surface area contributed by atoms with E-state index in [1.54, 1.807) is 12.1 Å². The summed E-state index contributed by atoms with van der Waals surface area (Å²) in [5.41, 5.74) is 2.51. The summed E-state index contributed by atoms with van der Waals surface area (Å²) in [5, 5.41) is 10.6. The molecule has 148 valence electrons. The Morgan fingerprint density at radius 2 is 2.00 bits per heavy atom. The van der Waals surface area contributed by atoms with Gasteiger partial charge in [-0.15, -0.1) is 0 Å². The van der Waals surface area contributed by atoms with Gasteiger partial charge in [-0.05, 0) is 57.1 Å². The van der Waals surface area contributed by atoms with Crippen molar-refractivity contribution < 1.29 is 14.6 Å². The maximum Gasteiger partial charge on any atom is 0.144 e. The Balaban J connectivity index is 1.71. The molecule has 1 atom stereocenters. The third-order valence-electron chi connectivity index (χ3n) is 5.24. The van der Waals surface area contributed by atoms with Crippen LogP contribution in [0.1, 0.15) is 37.3 Å². The molecule has 0 aliphatic carbocycles. The first kappa shape index (κ1) is 18.8. The number of phenols is 1. The van der Waals surface area contributed by atoms with Crippen LogP contribution < -0.4 is 4.74 Å². The summed E-state index contributed by atoms with van der Waals surface area (Å²) in [6.45, 7) is 4.51. The smallest absolute Gasteiger partial charge is 0.144 e. The zero-order valence-electron chi connectivity index (χ0n) is 16.4. The fraction of sp³-hybridized carbons (Fsp3) is 0.409. The van der Waals surface area contributed by atoms with Crippen LogP contribution in [0.2, 0.25) is 0 Å². The monoisotopic (exact) mass is 381 g/mol. The number of nitrogens with zero attached hydrogens (tertiary/aromatic N) is 2. The van der Waals surface area contributed by atoms with Gasteiger partial charge in [0.15, 0.2) is 0 Å². The molecule has 28 heavy (non-hydrogen) atoms. The molecule has 3 aromatic rings. The Kier molecular flexibility index (Phi) is 5.50. The lowest BCUT2D eigenvalue weighted by Crippen LogP contribution is -2.35. The Morgan fingerprint density at radius 3 is 2.75 bits per heavy atom. The van der Waals surface area contributed by atoms with E-state index >= 15 is 0 Å². The first-order chi connectivity index (χ1) is 13.6. The van der Waals surface area contributed by atoms with Crippen LogP contribution in [0.25, 0.3) is 11.0 Å². The normalized spacial score (nSPS) is 17.1. The van der Waals surface area contributed by atoms with Gasteiger partial charge in [-0.25, -0.2) is 4.98 Å². The highest BCUT2D eigenvalue weighted by Crippen LogP contribution is 2.36. The van der Waals surface area contributed by atoms with E-state index in [0.717, 1.165) is 37.0 Å². The number of fused-ring (bicyclic) bond motifs is 1. The van der Waals surface area contributed by atoms with Gasteiger partial charge in [0.25, 0.3) is 0 Å². The van der Waals surface area contributed by atoms with Gasteiger partial charge in [-0.1, -0.05) is 12.1 Å². The van der Waals surface area contributed by atoms with Crippen molar-refractivity contribution in [2.45, 2.75) is 32.0 Å². The second kappa shape index (κ2) is 8.20. The number of ether oxygens (including phenoxy) is 2. The average Bonchev–Trinajstić information content (AvgIpc) is 3.13. The molecule has 2 N–H and O–H groups in total. The standard InChI is InChI=1S/C22H27N3O3/c1-3-27-16-8-9-20(26)17(14-16)21(28-15-10-12-25(2)13-11-15)22-23-18-6-4-5-7-19(18)24-22/h4-9,14-15,21,26H,3,10-13H2,1-2H3,(H,23,24). The van der Waals surface area contributed by atoms with E-state index in [1.165, 1.54) is 0 Å². The summed E-state index contributed by atoms with van der Waals surface area (Å²) in [4.78, 5) is 10.4. The van der Waals surface area contributed by atoms with Crippen LogP contribution in [0.4, 0.5) is 0 Å². The van der Waals surface area contributed by atoms with Crippen LogP contribution in [0.15, 0.2) is 42.5 Å². The summed E-state index contributed by atoms with van der Waals surface area (Å²) in [7, 11) is 2.13. The van der Waals surface area contributed by atoms with Gasteiger partial charge in [0, 0.05) is 18.7 Å². The van der Waals surface area contributed by atoms with E-state index in [9.17, 15) is 5.11 Å². The molecular formula is C22H27N3O3.